The van der Waals surface area contributed by atoms with E-state index in [0.717, 1.165) is 23.4 Å². The van der Waals surface area contributed by atoms with Crippen molar-refractivity contribution in [2.45, 2.75) is 27.3 Å². The van der Waals surface area contributed by atoms with Gasteiger partial charge in [-0.1, -0.05) is 35.9 Å². The molecular weight excluding hydrogens is 272 g/mol. The van der Waals surface area contributed by atoms with Gasteiger partial charge < -0.3 is 5.32 Å². The molecule has 0 aromatic heterocycles. The highest BCUT2D eigenvalue weighted by Crippen LogP contribution is 2.14. The summed E-state index contributed by atoms with van der Waals surface area (Å²) in [6.45, 7) is 7.28. The van der Waals surface area contributed by atoms with Crippen molar-refractivity contribution in [3.63, 3.8) is 0 Å². The minimum atomic E-state index is 0.0135. The third-order valence-corrected chi connectivity index (χ3v) is 3.49. The average molecular weight is 296 g/mol. The van der Waals surface area contributed by atoms with Gasteiger partial charge in [0.2, 0.25) is 5.91 Å². The molecule has 1 N–H and O–H groups in total. The lowest BCUT2D eigenvalue weighted by atomic mass is 10.1. The number of hydrogen-bond donors (Lipinski definition) is 1. The number of benzene rings is 2. The minimum absolute atomic E-state index is 0.0135. The minimum Gasteiger partial charge on any atom is -0.325 e. The average Bonchev–Trinajstić information content (AvgIpc) is 2.39. The molecule has 0 spiro atoms. The third kappa shape index (κ3) is 5.01. The van der Waals surface area contributed by atoms with Crippen molar-refractivity contribution in [2.75, 3.05) is 18.9 Å². The van der Waals surface area contributed by atoms with Gasteiger partial charge in [0.25, 0.3) is 0 Å². The van der Waals surface area contributed by atoms with E-state index in [1.165, 1.54) is 11.1 Å². The number of nitrogens with one attached hydrogen (secondary N) is 1. The second-order valence-corrected chi connectivity index (χ2v) is 6.08. The predicted octanol–water partition coefficient (Wildman–Crippen LogP) is 3.68. The van der Waals surface area contributed by atoms with Gasteiger partial charge in [-0.25, -0.2) is 0 Å². The maximum atomic E-state index is 12.1. The molecule has 0 aliphatic heterocycles. The molecule has 1 amide bonds. The fraction of sp³-hybridized carbons (Fsp3) is 0.316. The van der Waals surface area contributed by atoms with E-state index in [0.29, 0.717) is 6.54 Å². The summed E-state index contributed by atoms with van der Waals surface area (Å²) in [5.74, 6) is 0.0135. The van der Waals surface area contributed by atoms with Crippen LogP contribution in [0.1, 0.15) is 22.3 Å². The molecule has 116 valence electrons. The Labute approximate surface area is 133 Å². The number of amides is 1. The summed E-state index contributed by atoms with van der Waals surface area (Å²) < 4.78 is 0. The van der Waals surface area contributed by atoms with Crippen LogP contribution in [0.2, 0.25) is 0 Å². The molecule has 3 nitrogen and oxygen atoms in total. The van der Waals surface area contributed by atoms with Crippen LogP contribution in [-0.2, 0) is 11.3 Å². The summed E-state index contributed by atoms with van der Waals surface area (Å²) in [6.07, 6.45) is 0. The van der Waals surface area contributed by atoms with Crippen molar-refractivity contribution in [2.24, 2.45) is 0 Å². The van der Waals surface area contributed by atoms with Gasteiger partial charge in [-0.2, -0.15) is 0 Å². The molecule has 0 saturated carbocycles. The highest BCUT2D eigenvalue weighted by Gasteiger charge is 2.08. The summed E-state index contributed by atoms with van der Waals surface area (Å²) in [6, 6.07) is 14.5. The van der Waals surface area contributed by atoms with Crippen molar-refractivity contribution in [1.29, 1.82) is 0 Å². The number of rotatable bonds is 5. The normalized spacial score (nSPS) is 10.8. The van der Waals surface area contributed by atoms with E-state index in [1.54, 1.807) is 0 Å². The molecule has 2 aromatic rings. The number of carbonyl (C=O) groups is 1. The van der Waals surface area contributed by atoms with Crippen molar-refractivity contribution < 1.29 is 4.79 Å². The van der Waals surface area contributed by atoms with E-state index in [9.17, 15) is 4.79 Å². The van der Waals surface area contributed by atoms with Gasteiger partial charge in [0.1, 0.15) is 0 Å². The highest BCUT2D eigenvalue weighted by atomic mass is 16.2. The fourth-order valence-corrected chi connectivity index (χ4v) is 2.55. The van der Waals surface area contributed by atoms with Crippen LogP contribution < -0.4 is 5.32 Å². The molecule has 0 aliphatic carbocycles. The first kappa shape index (κ1) is 16.2. The molecule has 0 aliphatic rings. The van der Waals surface area contributed by atoms with Crippen LogP contribution in [0.4, 0.5) is 5.69 Å². The summed E-state index contributed by atoms with van der Waals surface area (Å²) in [7, 11) is 1.96. The molecule has 0 bridgehead atoms. The first-order valence-electron chi connectivity index (χ1n) is 7.54. The van der Waals surface area contributed by atoms with Gasteiger partial charge >= 0.3 is 0 Å². The zero-order valence-electron chi connectivity index (χ0n) is 13.8. The number of nitrogens with zero attached hydrogens (tertiary/aromatic N) is 1. The Morgan fingerprint density at radius 3 is 2.14 bits per heavy atom. The first-order chi connectivity index (χ1) is 10.4. The fourth-order valence-electron chi connectivity index (χ4n) is 2.55. The van der Waals surface area contributed by atoms with Crippen molar-refractivity contribution in [3.8, 4) is 0 Å². The zero-order valence-corrected chi connectivity index (χ0v) is 13.8. The number of likely N-dealkylation sites (N-methyl/N-ethyl adjacent to an activating group) is 1. The molecule has 0 radical (unpaired) electrons. The number of hydrogen-bond acceptors (Lipinski definition) is 2. The van der Waals surface area contributed by atoms with Gasteiger partial charge in [-0.15, -0.1) is 0 Å². The van der Waals surface area contributed by atoms with Crippen molar-refractivity contribution >= 4 is 11.6 Å². The van der Waals surface area contributed by atoms with Crippen LogP contribution in [0.5, 0.6) is 0 Å². The highest BCUT2D eigenvalue weighted by molar-refractivity contribution is 5.92. The van der Waals surface area contributed by atoms with E-state index >= 15 is 0 Å². The summed E-state index contributed by atoms with van der Waals surface area (Å²) in [4.78, 5) is 14.2. The monoisotopic (exact) mass is 296 g/mol. The molecule has 2 rings (SSSR count). The van der Waals surface area contributed by atoms with Crippen LogP contribution in [-0.4, -0.2) is 24.4 Å². The Morgan fingerprint density at radius 1 is 0.955 bits per heavy atom. The van der Waals surface area contributed by atoms with E-state index in [1.807, 2.05) is 37.9 Å². The van der Waals surface area contributed by atoms with Crippen molar-refractivity contribution in [3.05, 3.63) is 64.7 Å². The Hall–Kier alpha value is -2.13. The van der Waals surface area contributed by atoms with E-state index in [2.05, 4.69) is 42.6 Å². The molecule has 0 heterocycles. The summed E-state index contributed by atoms with van der Waals surface area (Å²) >= 11 is 0. The molecule has 0 saturated heterocycles. The predicted molar refractivity (Wildman–Crippen MR) is 92.1 cm³/mol. The lowest BCUT2D eigenvalue weighted by molar-refractivity contribution is -0.117. The maximum Gasteiger partial charge on any atom is 0.238 e. The SMILES string of the molecule is Cc1ccc(CN(C)CC(=O)Nc2cc(C)cc(C)c2)cc1. The Balaban J connectivity index is 1.89. The smallest absolute Gasteiger partial charge is 0.238 e. The van der Waals surface area contributed by atoms with Crippen molar-refractivity contribution in [1.82, 2.24) is 4.90 Å². The lowest BCUT2D eigenvalue weighted by Gasteiger charge is -2.17. The van der Waals surface area contributed by atoms with Gasteiger partial charge in [0.05, 0.1) is 6.54 Å². The quantitative estimate of drug-likeness (QED) is 0.913. The van der Waals surface area contributed by atoms with E-state index in [4.69, 9.17) is 0 Å². The van der Waals surface area contributed by atoms with Crippen LogP contribution >= 0.6 is 0 Å². The zero-order chi connectivity index (χ0) is 16.1. The largest absolute Gasteiger partial charge is 0.325 e. The van der Waals surface area contributed by atoms with Gasteiger partial charge in [0, 0.05) is 12.2 Å². The van der Waals surface area contributed by atoms with Crippen LogP contribution in [0.3, 0.4) is 0 Å². The van der Waals surface area contributed by atoms with E-state index < -0.39 is 0 Å². The summed E-state index contributed by atoms with van der Waals surface area (Å²) in [5, 5.41) is 2.97. The van der Waals surface area contributed by atoms with Gasteiger partial charge in [-0.05, 0) is 56.6 Å². The Kier molecular flexibility index (Phi) is 5.34. The maximum absolute atomic E-state index is 12.1. The number of aryl methyl sites for hydroxylation is 3. The number of anilines is 1. The number of carbonyl (C=O) groups excluding carboxylic acids is 1. The van der Waals surface area contributed by atoms with Crippen LogP contribution in [0, 0.1) is 20.8 Å². The van der Waals surface area contributed by atoms with Crippen LogP contribution in [0.25, 0.3) is 0 Å². The van der Waals surface area contributed by atoms with Gasteiger partial charge in [0.15, 0.2) is 0 Å². The second-order valence-electron chi connectivity index (χ2n) is 6.08. The Morgan fingerprint density at radius 2 is 1.55 bits per heavy atom. The molecular formula is C19H24N2O. The molecule has 0 fully saturated rings. The van der Waals surface area contributed by atoms with E-state index in [-0.39, 0.29) is 5.91 Å². The first-order valence-corrected chi connectivity index (χ1v) is 7.54. The summed E-state index contributed by atoms with van der Waals surface area (Å²) in [5.41, 5.74) is 5.64. The molecule has 22 heavy (non-hydrogen) atoms. The molecule has 3 heteroatoms. The third-order valence-electron chi connectivity index (χ3n) is 3.49. The second kappa shape index (κ2) is 7.23. The standard InChI is InChI=1S/C19H24N2O/c1-14-5-7-17(8-6-14)12-21(4)13-19(22)20-18-10-15(2)9-16(3)11-18/h5-11H,12-13H2,1-4H3,(H,20,22). The lowest BCUT2D eigenvalue weighted by Crippen LogP contribution is -2.29. The molecule has 0 atom stereocenters. The molecule has 0 unspecified atom stereocenters. The molecule has 2 aromatic carbocycles. The van der Waals surface area contributed by atoms with Gasteiger partial charge in [-0.3, -0.25) is 9.69 Å². The topological polar surface area (TPSA) is 32.3 Å². The van der Waals surface area contributed by atoms with Crippen LogP contribution in [0.15, 0.2) is 42.5 Å². The Bertz CT molecular complexity index is 627.